The van der Waals surface area contributed by atoms with Crippen molar-refractivity contribution in [2.45, 2.75) is 91.9 Å². The summed E-state index contributed by atoms with van der Waals surface area (Å²) in [4.78, 5) is 11.7. The number of carbonyl (C=O) groups is 1. The van der Waals surface area contributed by atoms with Gasteiger partial charge in [0.1, 0.15) is 0 Å². The maximum Gasteiger partial charge on any atom is 0.309 e. The summed E-state index contributed by atoms with van der Waals surface area (Å²) in [5.74, 6) is -0.249. The Bertz CT molecular complexity index is 231. The molecule has 0 fully saturated rings. The highest BCUT2D eigenvalue weighted by Gasteiger charge is 2.41. The smallest absolute Gasteiger partial charge is 0.309 e. The highest BCUT2D eigenvalue weighted by Crippen LogP contribution is 2.40. The van der Waals surface area contributed by atoms with Crippen LogP contribution in [0.3, 0.4) is 0 Å². The fraction of sp³-hybridized carbons (Fsp3) is 0.941. The zero-order valence-electron chi connectivity index (χ0n) is 13.5. The SMILES string of the molecule is CCCCCCCCC(CC)C(CC)(CC)C(=O)O. The van der Waals surface area contributed by atoms with Crippen LogP contribution in [0.2, 0.25) is 0 Å². The fourth-order valence-corrected chi connectivity index (χ4v) is 3.35. The Morgan fingerprint density at radius 1 is 0.947 bits per heavy atom. The number of carboxylic acids is 1. The molecule has 0 amide bonds. The van der Waals surface area contributed by atoms with Gasteiger partial charge in [0, 0.05) is 0 Å². The fourth-order valence-electron chi connectivity index (χ4n) is 3.35. The Labute approximate surface area is 120 Å². The lowest BCUT2D eigenvalue weighted by Crippen LogP contribution is -2.37. The van der Waals surface area contributed by atoms with E-state index < -0.39 is 11.4 Å². The summed E-state index contributed by atoms with van der Waals surface area (Å²) in [5, 5.41) is 9.60. The van der Waals surface area contributed by atoms with Crippen molar-refractivity contribution in [2.75, 3.05) is 0 Å². The van der Waals surface area contributed by atoms with Crippen LogP contribution in [-0.2, 0) is 4.79 Å². The van der Waals surface area contributed by atoms with E-state index in [4.69, 9.17) is 0 Å². The van der Waals surface area contributed by atoms with Crippen molar-refractivity contribution in [1.82, 2.24) is 0 Å². The van der Waals surface area contributed by atoms with Gasteiger partial charge in [0.15, 0.2) is 0 Å². The molecular formula is C17H34O2. The second-order valence-corrected chi connectivity index (χ2v) is 5.83. The van der Waals surface area contributed by atoms with Crippen LogP contribution in [0.5, 0.6) is 0 Å². The molecule has 0 heterocycles. The van der Waals surface area contributed by atoms with Gasteiger partial charge in [-0.15, -0.1) is 0 Å². The summed E-state index contributed by atoms with van der Waals surface area (Å²) < 4.78 is 0. The van der Waals surface area contributed by atoms with Crippen LogP contribution in [0.25, 0.3) is 0 Å². The first-order valence-corrected chi connectivity index (χ1v) is 8.32. The van der Waals surface area contributed by atoms with Gasteiger partial charge >= 0.3 is 5.97 Å². The largest absolute Gasteiger partial charge is 0.481 e. The first kappa shape index (κ1) is 18.5. The third kappa shape index (κ3) is 5.54. The number of unbranched alkanes of at least 4 members (excludes halogenated alkanes) is 5. The lowest BCUT2D eigenvalue weighted by atomic mass is 9.68. The van der Waals surface area contributed by atoms with Crippen molar-refractivity contribution >= 4 is 5.97 Å². The summed E-state index contributed by atoms with van der Waals surface area (Å²) in [5.41, 5.74) is -0.488. The van der Waals surface area contributed by atoms with Gasteiger partial charge in [-0.25, -0.2) is 0 Å². The Kier molecular flexibility index (Phi) is 9.99. The molecule has 0 aliphatic rings. The zero-order chi connectivity index (χ0) is 14.7. The van der Waals surface area contributed by atoms with E-state index >= 15 is 0 Å². The summed E-state index contributed by atoms with van der Waals surface area (Å²) >= 11 is 0. The molecule has 0 saturated heterocycles. The second kappa shape index (κ2) is 10.3. The summed E-state index contributed by atoms with van der Waals surface area (Å²) in [6.45, 7) is 8.44. The molecule has 2 nitrogen and oxygen atoms in total. The van der Waals surface area contributed by atoms with Crippen LogP contribution in [0.15, 0.2) is 0 Å². The van der Waals surface area contributed by atoms with Crippen molar-refractivity contribution in [3.05, 3.63) is 0 Å². The highest BCUT2D eigenvalue weighted by molar-refractivity contribution is 5.74. The van der Waals surface area contributed by atoms with E-state index in [0.29, 0.717) is 5.92 Å². The predicted octanol–water partition coefficient (Wildman–Crippen LogP) is 5.65. The van der Waals surface area contributed by atoms with Gasteiger partial charge in [-0.1, -0.05) is 72.6 Å². The van der Waals surface area contributed by atoms with Crippen LogP contribution in [0.1, 0.15) is 91.9 Å². The van der Waals surface area contributed by atoms with E-state index in [1.807, 2.05) is 13.8 Å². The van der Waals surface area contributed by atoms with Crippen LogP contribution in [-0.4, -0.2) is 11.1 Å². The van der Waals surface area contributed by atoms with Crippen molar-refractivity contribution in [3.63, 3.8) is 0 Å². The number of hydrogen-bond donors (Lipinski definition) is 1. The third-order valence-electron chi connectivity index (χ3n) is 4.87. The molecule has 0 rings (SSSR count). The third-order valence-corrected chi connectivity index (χ3v) is 4.87. The molecule has 0 aliphatic heterocycles. The van der Waals surface area contributed by atoms with Crippen LogP contribution < -0.4 is 0 Å². The zero-order valence-corrected chi connectivity index (χ0v) is 13.5. The molecule has 0 aromatic heterocycles. The quantitative estimate of drug-likeness (QED) is 0.465. The van der Waals surface area contributed by atoms with E-state index in [9.17, 15) is 9.90 Å². The van der Waals surface area contributed by atoms with Crippen LogP contribution in [0.4, 0.5) is 0 Å². The molecule has 19 heavy (non-hydrogen) atoms. The number of hydrogen-bond acceptors (Lipinski definition) is 1. The molecule has 0 bridgehead atoms. The standard InChI is InChI=1S/C17H34O2/c1-5-9-10-11-12-13-14-15(6-2)17(7-3,8-4)16(18)19/h15H,5-14H2,1-4H3,(H,18,19). The molecular weight excluding hydrogens is 236 g/mol. The molecule has 0 spiro atoms. The molecule has 1 N–H and O–H groups in total. The minimum Gasteiger partial charge on any atom is -0.481 e. The first-order valence-electron chi connectivity index (χ1n) is 8.32. The van der Waals surface area contributed by atoms with Gasteiger partial charge < -0.3 is 5.11 Å². The lowest BCUT2D eigenvalue weighted by Gasteiger charge is -2.35. The molecule has 0 saturated carbocycles. The van der Waals surface area contributed by atoms with Crippen LogP contribution >= 0.6 is 0 Å². The van der Waals surface area contributed by atoms with E-state index in [-0.39, 0.29) is 0 Å². The average molecular weight is 270 g/mol. The van der Waals surface area contributed by atoms with E-state index in [0.717, 1.165) is 25.7 Å². The molecule has 1 unspecified atom stereocenters. The van der Waals surface area contributed by atoms with Crippen molar-refractivity contribution in [1.29, 1.82) is 0 Å². The van der Waals surface area contributed by atoms with Gasteiger partial charge in [-0.3, -0.25) is 4.79 Å². The van der Waals surface area contributed by atoms with E-state index in [1.54, 1.807) is 0 Å². The van der Waals surface area contributed by atoms with Crippen molar-refractivity contribution in [3.8, 4) is 0 Å². The van der Waals surface area contributed by atoms with E-state index in [2.05, 4.69) is 13.8 Å². The maximum atomic E-state index is 11.7. The van der Waals surface area contributed by atoms with Crippen molar-refractivity contribution in [2.24, 2.45) is 11.3 Å². The predicted molar refractivity (Wildman–Crippen MR) is 82.4 cm³/mol. The Balaban J connectivity index is 4.27. The number of carboxylic acid groups (broad SMARTS) is 1. The molecule has 0 aromatic rings. The van der Waals surface area contributed by atoms with Gasteiger partial charge in [-0.05, 0) is 25.2 Å². The monoisotopic (exact) mass is 270 g/mol. The molecule has 114 valence electrons. The summed E-state index contributed by atoms with van der Waals surface area (Å²) in [6.07, 6.45) is 11.3. The average Bonchev–Trinajstić information content (AvgIpc) is 2.41. The first-order chi connectivity index (χ1) is 9.08. The normalized spacial score (nSPS) is 13.5. The Hall–Kier alpha value is -0.530. The molecule has 0 aromatic carbocycles. The minimum absolute atomic E-state index is 0.339. The van der Waals surface area contributed by atoms with Gasteiger partial charge in [-0.2, -0.15) is 0 Å². The molecule has 0 aliphatic carbocycles. The number of rotatable bonds is 12. The Morgan fingerprint density at radius 3 is 1.89 bits per heavy atom. The number of aliphatic carboxylic acids is 1. The van der Waals surface area contributed by atoms with Gasteiger partial charge in [0.2, 0.25) is 0 Å². The minimum atomic E-state index is -0.588. The van der Waals surface area contributed by atoms with Crippen molar-refractivity contribution < 1.29 is 9.90 Å². The lowest BCUT2D eigenvalue weighted by molar-refractivity contribution is -0.153. The second-order valence-electron chi connectivity index (χ2n) is 5.83. The van der Waals surface area contributed by atoms with Gasteiger partial charge in [0.05, 0.1) is 5.41 Å². The van der Waals surface area contributed by atoms with Crippen LogP contribution in [0, 0.1) is 11.3 Å². The molecule has 0 radical (unpaired) electrons. The topological polar surface area (TPSA) is 37.3 Å². The van der Waals surface area contributed by atoms with E-state index in [1.165, 1.54) is 38.5 Å². The molecule has 1 atom stereocenters. The highest BCUT2D eigenvalue weighted by atomic mass is 16.4. The Morgan fingerprint density at radius 2 is 1.47 bits per heavy atom. The molecule has 2 heteroatoms. The summed E-state index contributed by atoms with van der Waals surface area (Å²) in [6, 6.07) is 0. The summed E-state index contributed by atoms with van der Waals surface area (Å²) in [7, 11) is 0. The maximum absolute atomic E-state index is 11.7. The van der Waals surface area contributed by atoms with Gasteiger partial charge in [0.25, 0.3) is 0 Å².